The Morgan fingerprint density at radius 3 is 3.00 bits per heavy atom. The SMILES string of the molecule is CC(=O)OCc1c(Cl)ccnc1Br. The molecular weight excluding hydrogens is 257 g/mol. The van der Waals surface area contributed by atoms with E-state index in [2.05, 4.69) is 20.9 Å². The minimum atomic E-state index is -0.341. The smallest absolute Gasteiger partial charge is 0.302 e. The van der Waals surface area contributed by atoms with Crippen LogP contribution in [-0.2, 0) is 16.1 Å². The number of pyridine rings is 1. The number of rotatable bonds is 2. The molecule has 13 heavy (non-hydrogen) atoms. The standard InChI is InChI=1S/C8H7BrClNO2/c1-5(12)13-4-6-7(10)2-3-11-8(6)9/h2-3H,4H2,1H3. The highest BCUT2D eigenvalue weighted by Gasteiger charge is 2.07. The zero-order chi connectivity index (χ0) is 9.84. The molecule has 0 saturated carbocycles. The predicted molar refractivity (Wildman–Crippen MR) is 52.4 cm³/mol. The molecule has 5 heteroatoms. The van der Waals surface area contributed by atoms with Crippen LogP contribution in [0.1, 0.15) is 12.5 Å². The molecule has 1 rings (SSSR count). The lowest BCUT2D eigenvalue weighted by Crippen LogP contribution is -2.00. The Kier molecular flexibility index (Phi) is 3.69. The quantitative estimate of drug-likeness (QED) is 0.609. The summed E-state index contributed by atoms with van der Waals surface area (Å²) in [6.45, 7) is 1.49. The monoisotopic (exact) mass is 263 g/mol. The van der Waals surface area contributed by atoms with Crippen molar-refractivity contribution in [1.82, 2.24) is 4.98 Å². The lowest BCUT2D eigenvalue weighted by molar-refractivity contribution is -0.142. The van der Waals surface area contributed by atoms with E-state index < -0.39 is 0 Å². The summed E-state index contributed by atoms with van der Waals surface area (Å²) >= 11 is 9.06. The van der Waals surface area contributed by atoms with Crippen LogP contribution >= 0.6 is 27.5 Å². The van der Waals surface area contributed by atoms with Crippen molar-refractivity contribution in [2.75, 3.05) is 0 Å². The third kappa shape index (κ3) is 2.97. The van der Waals surface area contributed by atoms with Gasteiger partial charge in [-0.25, -0.2) is 4.98 Å². The summed E-state index contributed by atoms with van der Waals surface area (Å²) in [6, 6.07) is 1.64. The molecule has 0 unspecified atom stereocenters. The topological polar surface area (TPSA) is 39.2 Å². The normalized spacial score (nSPS) is 9.77. The van der Waals surface area contributed by atoms with Gasteiger partial charge in [-0.05, 0) is 22.0 Å². The molecule has 1 aromatic heterocycles. The Morgan fingerprint density at radius 2 is 2.46 bits per heavy atom. The zero-order valence-corrected chi connectivity index (χ0v) is 9.22. The maximum absolute atomic E-state index is 10.5. The first kappa shape index (κ1) is 10.5. The first-order valence-corrected chi connectivity index (χ1v) is 4.70. The minimum Gasteiger partial charge on any atom is -0.461 e. The predicted octanol–water partition coefficient (Wildman–Crippen LogP) is 2.56. The molecule has 0 bridgehead atoms. The molecule has 0 saturated heterocycles. The van der Waals surface area contributed by atoms with Gasteiger partial charge >= 0.3 is 5.97 Å². The lowest BCUT2D eigenvalue weighted by Gasteiger charge is -2.05. The molecule has 0 atom stereocenters. The average molecular weight is 265 g/mol. The third-order valence-electron chi connectivity index (χ3n) is 1.37. The fraction of sp³-hybridized carbons (Fsp3) is 0.250. The number of ether oxygens (including phenoxy) is 1. The number of aromatic nitrogens is 1. The summed E-state index contributed by atoms with van der Waals surface area (Å²) in [5.41, 5.74) is 0.680. The van der Waals surface area contributed by atoms with E-state index in [9.17, 15) is 4.79 Å². The largest absolute Gasteiger partial charge is 0.461 e. The summed E-state index contributed by atoms with van der Waals surface area (Å²) in [5.74, 6) is -0.341. The molecule has 3 nitrogen and oxygen atoms in total. The summed E-state index contributed by atoms with van der Waals surface area (Å²) in [5, 5.41) is 0.531. The highest BCUT2D eigenvalue weighted by Crippen LogP contribution is 2.22. The number of hydrogen-bond acceptors (Lipinski definition) is 3. The zero-order valence-electron chi connectivity index (χ0n) is 6.88. The van der Waals surface area contributed by atoms with Crippen LogP contribution in [0.5, 0.6) is 0 Å². The van der Waals surface area contributed by atoms with Gasteiger partial charge in [0.2, 0.25) is 0 Å². The van der Waals surface area contributed by atoms with Gasteiger partial charge in [-0.2, -0.15) is 0 Å². The third-order valence-corrected chi connectivity index (χ3v) is 2.40. The maximum Gasteiger partial charge on any atom is 0.302 e. The molecule has 0 fully saturated rings. The van der Waals surface area contributed by atoms with Crippen molar-refractivity contribution in [2.24, 2.45) is 0 Å². The van der Waals surface area contributed by atoms with Gasteiger partial charge < -0.3 is 4.74 Å². The second kappa shape index (κ2) is 4.58. The fourth-order valence-corrected chi connectivity index (χ4v) is 1.51. The molecule has 0 N–H and O–H groups in total. The number of carbonyl (C=O) groups excluding carboxylic acids is 1. The van der Waals surface area contributed by atoms with Gasteiger partial charge in [0.25, 0.3) is 0 Å². The maximum atomic E-state index is 10.5. The number of halogens is 2. The Balaban J connectivity index is 2.81. The first-order valence-electron chi connectivity index (χ1n) is 3.53. The summed E-state index contributed by atoms with van der Waals surface area (Å²) < 4.78 is 5.39. The van der Waals surface area contributed by atoms with Crippen molar-refractivity contribution in [3.05, 3.63) is 27.5 Å². The first-order chi connectivity index (χ1) is 6.11. The van der Waals surface area contributed by atoms with E-state index in [0.717, 1.165) is 0 Å². The van der Waals surface area contributed by atoms with E-state index in [1.807, 2.05) is 0 Å². The van der Waals surface area contributed by atoms with Crippen molar-refractivity contribution >= 4 is 33.5 Å². The Bertz CT molecular complexity index is 310. The molecule has 0 amide bonds. The van der Waals surface area contributed by atoms with Gasteiger partial charge in [0.15, 0.2) is 0 Å². The van der Waals surface area contributed by atoms with Crippen molar-refractivity contribution < 1.29 is 9.53 Å². The van der Waals surface area contributed by atoms with E-state index in [-0.39, 0.29) is 12.6 Å². The molecule has 0 aromatic carbocycles. The van der Waals surface area contributed by atoms with Crippen LogP contribution in [0.25, 0.3) is 0 Å². The van der Waals surface area contributed by atoms with Gasteiger partial charge in [-0.1, -0.05) is 11.6 Å². The van der Waals surface area contributed by atoms with Crippen molar-refractivity contribution in [3.8, 4) is 0 Å². The van der Waals surface area contributed by atoms with Crippen LogP contribution in [0.4, 0.5) is 0 Å². The molecule has 0 aliphatic carbocycles. The number of hydrogen-bond donors (Lipinski definition) is 0. The Hall–Kier alpha value is -0.610. The van der Waals surface area contributed by atoms with E-state index in [4.69, 9.17) is 16.3 Å². The van der Waals surface area contributed by atoms with Gasteiger partial charge in [0, 0.05) is 18.7 Å². The van der Waals surface area contributed by atoms with Crippen LogP contribution in [-0.4, -0.2) is 11.0 Å². The average Bonchev–Trinajstić information content (AvgIpc) is 2.03. The summed E-state index contributed by atoms with van der Waals surface area (Å²) in [7, 11) is 0. The molecular formula is C8H7BrClNO2. The minimum absolute atomic E-state index is 0.141. The van der Waals surface area contributed by atoms with Gasteiger partial charge in [0.05, 0.1) is 5.02 Å². The van der Waals surface area contributed by atoms with E-state index >= 15 is 0 Å². The van der Waals surface area contributed by atoms with Gasteiger partial charge in [0.1, 0.15) is 11.2 Å². The van der Waals surface area contributed by atoms with Crippen LogP contribution < -0.4 is 0 Å². The van der Waals surface area contributed by atoms with Crippen molar-refractivity contribution in [3.63, 3.8) is 0 Å². The van der Waals surface area contributed by atoms with Gasteiger partial charge in [-0.3, -0.25) is 4.79 Å². The molecule has 0 aliphatic rings. The molecule has 1 aromatic rings. The highest BCUT2D eigenvalue weighted by molar-refractivity contribution is 9.10. The van der Waals surface area contributed by atoms with Crippen LogP contribution in [0.2, 0.25) is 5.02 Å². The summed E-state index contributed by atoms with van der Waals surface area (Å²) in [6.07, 6.45) is 1.57. The van der Waals surface area contributed by atoms with E-state index in [1.165, 1.54) is 6.92 Å². The summed E-state index contributed by atoms with van der Waals surface area (Å²) in [4.78, 5) is 14.5. The van der Waals surface area contributed by atoms with E-state index in [0.29, 0.717) is 15.2 Å². The number of nitrogens with zero attached hydrogens (tertiary/aromatic N) is 1. The molecule has 0 radical (unpaired) electrons. The molecule has 0 aliphatic heterocycles. The van der Waals surface area contributed by atoms with Crippen molar-refractivity contribution in [2.45, 2.75) is 13.5 Å². The molecule has 70 valence electrons. The van der Waals surface area contributed by atoms with Crippen LogP contribution in [0.3, 0.4) is 0 Å². The highest BCUT2D eigenvalue weighted by atomic mass is 79.9. The number of carbonyl (C=O) groups is 1. The lowest BCUT2D eigenvalue weighted by atomic mass is 10.3. The Labute approximate surface area is 89.2 Å². The second-order valence-electron chi connectivity index (χ2n) is 2.34. The Morgan fingerprint density at radius 1 is 1.77 bits per heavy atom. The molecule has 0 spiro atoms. The van der Waals surface area contributed by atoms with E-state index in [1.54, 1.807) is 12.3 Å². The van der Waals surface area contributed by atoms with Gasteiger partial charge in [-0.15, -0.1) is 0 Å². The number of esters is 1. The molecule has 1 heterocycles. The fourth-order valence-electron chi connectivity index (χ4n) is 0.747. The van der Waals surface area contributed by atoms with Crippen LogP contribution in [0, 0.1) is 0 Å². The van der Waals surface area contributed by atoms with Crippen LogP contribution in [0.15, 0.2) is 16.9 Å². The van der Waals surface area contributed by atoms with Crippen molar-refractivity contribution in [1.29, 1.82) is 0 Å². The second-order valence-corrected chi connectivity index (χ2v) is 3.50.